The van der Waals surface area contributed by atoms with E-state index in [2.05, 4.69) is 5.32 Å². The molecule has 0 spiro atoms. The second-order valence-electron chi connectivity index (χ2n) is 6.10. The highest BCUT2D eigenvalue weighted by Crippen LogP contribution is 2.32. The quantitative estimate of drug-likeness (QED) is 0.623. The van der Waals surface area contributed by atoms with E-state index in [0.29, 0.717) is 54.0 Å². The number of nitrogens with one attached hydrogen (secondary N) is 1. The topological polar surface area (TPSA) is 88.0 Å². The Kier molecular flexibility index (Phi) is 7.83. The lowest BCUT2D eigenvalue weighted by atomic mass is 10.1. The van der Waals surface area contributed by atoms with Gasteiger partial charge >= 0.3 is 0 Å². The summed E-state index contributed by atoms with van der Waals surface area (Å²) >= 11 is 0. The van der Waals surface area contributed by atoms with E-state index in [-0.39, 0.29) is 17.8 Å². The highest BCUT2D eigenvalue weighted by molar-refractivity contribution is 6.07. The van der Waals surface area contributed by atoms with Crippen molar-refractivity contribution < 1.29 is 23.7 Å². The van der Waals surface area contributed by atoms with Gasteiger partial charge in [0, 0.05) is 44.8 Å². The van der Waals surface area contributed by atoms with Crippen LogP contribution in [0.4, 0.5) is 0 Å². The van der Waals surface area contributed by atoms with Gasteiger partial charge in [0.25, 0.3) is 11.5 Å². The van der Waals surface area contributed by atoms with Gasteiger partial charge in [0.15, 0.2) is 17.8 Å². The van der Waals surface area contributed by atoms with E-state index in [1.807, 2.05) is 13.8 Å². The number of amides is 1. The monoisotopic (exact) mass is 392 g/mol. The van der Waals surface area contributed by atoms with Crippen LogP contribution in [0.15, 0.2) is 23.1 Å². The maximum Gasteiger partial charge on any atom is 0.258 e. The van der Waals surface area contributed by atoms with Crippen LogP contribution in [0.2, 0.25) is 0 Å². The number of pyridine rings is 1. The summed E-state index contributed by atoms with van der Waals surface area (Å²) in [5.41, 5.74) is 0.155. The summed E-state index contributed by atoms with van der Waals surface area (Å²) in [5.74, 6) is 0.588. The Morgan fingerprint density at radius 3 is 2.18 bits per heavy atom. The Bertz CT molecular complexity index is 871. The van der Waals surface area contributed by atoms with E-state index in [1.165, 1.54) is 25.0 Å². The summed E-state index contributed by atoms with van der Waals surface area (Å²) in [4.78, 5) is 25.3. The van der Waals surface area contributed by atoms with E-state index in [1.54, 1.807) is 19.2 Å². The molecule has 0 unspecified atom stereocenters. The Morgan fingerprint density at radius 1 is 1.07 bits per heavy atom. The molecule has 2 aromatic rings. The molecule has 8 nitrogen and oxygen atoms in total. The third-order valence-electron chi connectivity index (χ3n) is 4.30. The number of benzene rings is 1. The predicted octanol–water partition coefficient (Wildman–Crippen LogP) is 2.07. The Hall–Kier alpha value is -2.58. The van der Waals surface area contributed by atoms with Crippen molar-refractivity contribution in [1.82, 2.24) is 9.88 Å². The van der Waals surface area contributed by atoms with E-state index in [9.17, 15) is 9.59 Å². The van der Waals surface area contributed by atoms with Crippen molar-refractivity contribution in [2.45, 2.75) is 26.6 Å². The van der Waals surface area contributed by atoms with Gasteiger partial charge in [-0.05, 0) is 26.0 Å². The SMILES string of the molecule is CCOC(CCNC(=O)c1cn(C)c(=O)c2cc(OC)c(OC)cc12)OCC. The summed E-state index contributed by atoms with van der Waals surface area (Å²) in [7, 11) is 4.61. The summed E-state index contributed by atoms with van der Waals surface area (Å²) in [6.07, 6.45) is 1.68. The average Bonchev–Trinajstić information content (AvgIpc) is 2.69. The molecule has 2 rings (SSSR count). The number of rotatable bonds is 10. The smallest absolute Gasteiger partial charge is 0.258 e. The van der Waals surface area contributed by atoms with Crippen LogP contribution in [-0.2, 0) is 16.5 Å². The summed E-state index contributed by atoms with van der Waals surface area (Å²) in [6.45, 7) is 5.23. The fourth-order valence-corrected chi connectivity index (χ4v) is 2.96. The van der Waals surface area contributed by atoms with Crippen LogP contribution in [0.5, 0.6) is 11.5 Å². The van der Waals surface area contributed by atoms with E-state index in [0.717, 1.165) is 0 Å². The van der Waals surface area contributed by atoms with E-state index >= 15 is 0 Å². The third-order valence-corrected chi connectivity index (χ3v) is 4.30. The number of hydrogen-bond donors (Lipinski definition) is 1. The fraction of sp³-hybridized carbons (Fsp3) is 0.500. The number of carbonyl (C=O) groups is 1. The van der Waals surface area contributed by atoms with Crippen molar-refractivity contribution in [2.75, 3.05) is 34.0 Å². The molecule has 0 saturated heterocycles. The molecule has 0 aliphatic rings. The second kappa shape index (κ2) is 10.1. The van der Waals surface area contributed by atoms with Gasteiger partial charge in [0.2, 0.25) is 0 Å². The van der Waals surface area contributed by atoms with Gasteiger partial charge < -0.3 is 28.8 Å². The molecule has 1 aromatic carbocycles. The number of ether oxygens (including phenoxy) is 4. The summed E-state index contributed by atoms with van der Waals surface area (Å²) in [5, 5.41) is 3.75. The zero-order chi connectivity index (χ0) is 20.7. The van der Waals surface area contributed by atoms with Crippen molar-refractivity contribution in [1.29, 1.82) is 0 Å². The van der Waals surface area contributed by atoms with Crippen molar-refractivity contribution in [3.05, 3.63) is 34.2 Å². The van der Waals surface area contributed by atoms with E-state index in [4.69, 9.17) is 18.9 Å². The predicted molar refractivity (Wildman–Crippen MR) is 106 cm³/mol. The molecule has 8 heteroatoms. The van der Waals surface area contributed by atoms with Crippen molar-refractivity contribution >= 4 is 16.7 Å². The molecule has 0 atom stereocenters. The minimum Gasteiger partial charge on any atom is -0.493 e. The molecule has 0 fully saturated rings. The first-order valence-corrected chi connectivity index (χ1v) is 9.23. The van der Waals surface area contributed by atoms with Gasteiger partial charge in [-0.2, -0.15) is 0 Å². The first kappa shape index (κ1) is 21.7. The van der Waals surface area contributed by atoms with Gasteiger partial charge in [-0.15, -0.1) is 0 Å². The second-order valence-corrected chi connectivity index (χ2v) is 6.10. The molecule has 0 saturated carbocycles. The van der Waals surface area contributed by atoms with Crippen LogP contribution in [-0.4, -0.2) is 50.7 Å². The van der Waals surface area contributed by atoms with Crippen LogP contribution < -0.4 is 20.3 Å². The molecule has 1 aromatic heterocycles. The number of aromatic nitrogens is 1. The van der Waals surface area contributed by atoms with Gasteiger partial charge in [-0.25, -0.2) is 0 Å². The van der Waals surface area contributed by atoms with Gasteiger partial charge in [-0.1, -0.05) is 0 Å². The minimum atomic E-state index is -0.364. The number of carbonyl (C=O) groups excluding carboxylic acids is 1. The average molecular weight is 392 g/mol. The Labute approximate surface area is 164 Å². The first-order valence-electron chi connectivity index (χ1n) is 9.23. The third kappa shape index (κ3) is 4.82. The highest BCUT2D eigenvalue weighted by Gasteiger charge is 2.18. The molecule has 1 heterocycles. The fourth-order valence-electron chi connectivity index (χ4n) is 2.96. The molecule has 154 valence electrons. The molecule has 0 bridgehead atoms. The number of fused-ring (bicyclic) bond motifs is 1. The lowest BCUT2D eigenvalue weighted by molar-refractivity contribution is -0.138. The standard InChI is InChI=1S/C20H28N2O6/c1-6-27-18(28-7-2)8-9-21-19(23)15-12-22(3)20(24)14-11-17(26-5)16(25-4)10-13(14)15/h10-12,18H,6-9H2,1-5H3,(H,21,23). The van der Waals surface area contributed by atoms with Crippen LogP contribution in [0.25, 0.3) is 10.8 Å². The number of nitrogens with zero attached hydrogens (tertiary/aromatic N) is 1. The van der Waals surface area contributed by atoms with Crippen LogP contribution in [0, 0.1) is 0 Å². The Balaban J connectivity index is 2.31. The van der Waals surface area contributed by atoms with Crippen LogP contribution >= 0.6 is 0 Å². The first-order chi connectivity index (χ1) is 13.5. The van der Waals surface area contributed by atoms with Gasteiger partial charge in [0.1, 0.15) is 0 Å². The largest absolute Gasteiger partial charge is 0.493 e. The van der Waals surface area contributed by atoms with Crippen LogP contribution in [0.3, 0.4) is 0 Å². The normalized spacial score (nSPS) is 11.1. The summed E-state index contributed by atoms with van der Waals surface area (Å²) < 4.78 is 22.9. The maximum absolute atomic E-state index is 12.8. The minimum absolute atomic E-state index is 0.222. The van der Waals surface area contributed by atoms with Gasteiger partial charge in [0.05, 0.1) is 25.2 Å². The maximum atomic E-state index is 12.8. The van der Waals surface area contributed by atoms with E-state index < -0.39 is 0 Å². The molecule has 0 aliphatic carbocycles. The van der Waals surface area contributed by atoms with Crippen molar-refractivity contribution in [3.63, 3.8) is 0 Å². The lowest BCUT2D eigenvalue weighted by Crippen LogP contribution is -2.30. The molecule has 1 N–H and O–H groups in total. The molecule has 0 aliphatic heterocycles. The number of aryl methyl sites for hydroxylation is 1. The van der Waals surface area contributed by atoms with Crippen LogP contribution in [0.1, 0.15) is 30.6 Å². The van der Waals surface area contributed by atoms with Gasteiger partial charge in [-0.3, -0.25) is 9.59 Å². The molecular formula is C20H28N2O6. The molecular weight excluding hydrogens is 364 g/mol. The van der Waals surface area contributed by atoms with Crippen molar-refractivity contribution in [2.24, 2.45) is 7.05 Å². The molecule has 1 amide bonds. The highest BCUT2D eigenvalue weighted by atomic mass is 16.7. The lowest BCUT2D eigenvalue weighted by Gasteiger charge is -2.17. The zero-order valence-electron chi connectivity index (χ0n) is 17.0. The van der Waals surface area contributed by atoms with Crippen molar-refractivity contribution in [3.8, 4) is 11.5 Å². The molecule has 28 heavy (non-hydrogen) atoms. The zero-order valence-corrected chi connectivity index (χ0v) is 17.0. The number of hydrogen-bond acceptors (Lipinski definition) is 6. The number of methoxy groups -OCH3 is 2. The summed E-state index contributed by atoms with van der Waals surface area (Å²) in [6, 6.07) is 3.24. The Morgan fingerprint density at radius 2 is 1.64 bits per heavy atom. The molecule has 0 radical (unpaired) electrons.